The van der Waals surface area contributed by atoms with E-state index >= 15 is 0 Å². The number of nitrogens with zero attached hydrogens (tertiary/aromatic N) is 2. The van der Waals surface area contributed by atoms with Crippen LogP contribution in [0.1, 0.15) is 34.6 Å². The van der Waals surface area contributed by atoms with E-state index in [4.69, 9.17) is 4.74 Å². The monoisotopic (exact) mass is 372 g/mol. The number of pyridine rings is 1. The SMILES string of the molecule is Cc1ccc(O[C@@H]2C[C@@H]3CN(C(=O)c4ccsc4)C[C@@H]3C[C@H]2O)c(C)n1. The van der Waals surface area contributed by atoms with Gasteiger partial charge >= 0.3 is 0 Å². The number of aliphatic hydroxyl groups is 1. The number of aliphatic hydroxyl groups excluding tert-OH is 1. The van der Waals surface area contributed by atoms with E-state index in [1.807, 2.05) is 47.7 Å². The molecule has 0 aromatic carbocycles. The molecule has 1 amide bonds. The molecule has 1 saturated carbocycles. The smallest absolute Gasteiger partial charge is 0.254 e. The summed E-state index contributed by atoms with van der Waals surface area (Å²) in [7, 11) is 0. The molecule has 0 unspecified atom stereocenters. The number of ether oxygens (including phenoxy) is 1. The lowest BCUT2D eigenvalue weighted by molar-refractivity contribution is -0.0236. The topological polar surface area (TPSA) is 62.7 Å². The highest BCUT2D eigenvalue weighted by molar-refractivity contribution is 7.08. The van der Waals surface area contributed by atoms with Crippen LogP contribution in [0.4, 0.5) is 0 Å². The zero-order valence-corrected chi connectivity index (χ0v) is 15.9. The Balaban J connectivity index is 1.43. The van der Waals surface area contributed by atoms with Crippen LogP contribution in [0.3, 0.4) is 0 Å². The van der Waals surface area contributed by atoms with Crippen molar-refractivity contribution in [2.45, 2.75) is 38.9 Å². The first-order chi connectivity index (χ1) is 12.5. The van der Waals surface area contributed by atoms with Gasteiger partial charge in [-0.3, -0.25) is 9.78 Å². The molecule has 26 heavy (non-hydrogen) atoms. The number of fused-ring (bicyclic) bond motifs is 1. The van der Waals surface area contributed by atoms with E-state index < -0.39 is 6.10 Å². The van der Waals surface area contributed by atoms with Gasteiger partial charge in [-0.1, -0.05) is 0 Å². The molecule has 1 N–H and O–H groups in total. The van der Waals surface area contributed by atoms with Crippen molar-refractivity contribution in [3.8, 4) is 5.75 Å². The Morgan fingerprint density at radius 3 is 2.69 bits per heavy atom. The Hall–Kier alpha value is -1.92. The van der Waals surface area contributed by atoms with E-state index in [-0.39, 0.29) is 12.0 Å². The number of hydrogen-bond donors (Lipinski definition) is 1. The van der Waals surface area contributed by atoms with E-state index in [0.29, 0.717) is 18.3 Å². The molecule has 2 fully saturated rings. The predicted molar refractivity (Wildman–Crippen MR) is 101 cm³/mol. The summed E-state index contributed by atoms with van der Waals surface area (Å²) in [4.78, 5) is 19.0. The normalized spacial score (nSPS) is 28.0. The van der Waals surface area contributed by atoms with Gasteiger partial charge < -0.3 is 14.7 Å². The van der Waals surface area contributed by atoms with Gasteiger partial charge in [-0.25, -0.2) is 0 Å². The highest BCUT2D eigenvalue weighted by Gasteiger charge is 2.44. The van der Waals surface area contributed by atoms with Crippen molar-refractivity contribution in [1.29, 1.82) is 0 Å². The van der Waals surface area contributed by atoms with E-state index in [1.54, 1.807) is 11.3 Å². The molecule has 6 heteroatoms. The summed E-state index contributed by atoms with van der Waals surface area (Å²) in [6.45, 7) is 5.36. The minimum Gasteiger partial charge on any atom is -0.486 e. The second-order valence-corrected chi connectivity index (χ2v) is 8.25. The van der Waals surface area contributed by atoms with Gasteiger partial charge in [-0.05, 0) is 62.1 Å². The van der Waals surface area contributed by atoms with Crippen molar-refractivity contribution in [3.05, 3.63) is 45.9 Å². The first-order valence-electron chi connectivity index (χ1n) is 9.11. The summed E-state index contributed by atoms with van der Waals surface area (Å²) in [5.41, 5.74) is 2.57. The maximum absolute atomic E-state index is 12.6. The Labute approximate surface area is 157 Å². The molecule has 0 radical (unpaired) electrons. The summed E-state index contributed by atoms with van der Waals surface area (Å²) in [5, 5.41) is 14.4. The number of carbonyl (C=O) groups is 1. The molecule has 0 spiro atoms. The lowest BCUT2D eigenvalue weighted by Gasteiger charge is -2.35. The van der Waals surface area contributed by atoms with Crippen LogP contribution in [0.15, 0.2) is 29.0 Å². The number of hydrogen-bond acceptors (Lipinski definition) is 5. The zero-order chi connectivity index (χ0) is 18.3. The van der Waals surface area contributed by atoms with Gasteiger partial charge in [-0.15, -0.1) is 0 Å². The van der Waals surface area contributed by atoms with Crippen LogP contribution in [-0.2, 0) is 0 Å². The van der Waals surface area contributed by atoms with Crippen molar-refractivity contribution in [2.75, 3.05) is 13.1 Å². The van der Waals surface area contributed by atoms with Gasteiger partial charge in [0.15, 0.2) is 0 Å². The van der Waals surface area contributed by atoms with E-state index in [1.165, 1.54) is 0 Å². The number of likely N-dealkylation sites (tertiary alicyclic amines) is 1. The molecule has 3 heterocycles. The van der Waals surface area contributed by atoms with Crippen molar-refractivity contribution in [1.82, 2.24) is 9.88 Å². The zero-order valence-electron chi connectivity index (χ0n) is 15.1. The number of aryl methyl sites for hydroxylation is 2. The highest BCUT2D eigenvalue weighted by Crippen LogP contribution is 2.38. The van der Waals surface area contributed by atoms with Gasteiger partial charge in [0.05, 0.1) is 17.4 Å². The van der Waals surface area contributed by atoms with Gasteiger partial charge in [0.25, 0.3) is 5.91 Å². The highest BCUT2D eigenvalue weighted by atomic mass is 32.1. The lowest BCUT2D eigenvalue weighted by atomic mass is 9.78. The summed E-state index contributed by atoms with van der Waals surface area (Å²) < 4.78 is 6.12. The number of amides is 1. The van der Waals surface area contributed by atoms with Crippen LogP contribution in [0.25, 0.3) is 0 Å². The minimum absolute atomic E-state index is 0.103. The van der Waals surface area contributed by atoms with Crippen LogP contribution in [0.2, 0.25) is 0 Å². The van der Waals surface area contributed by atoms with Crippen molar-refractivity contribution >= 4 is 17.2 Å². The summed E-state index contributed by atoms with van der Waals surface area (Å²) in [6.07, 6.45) is 0.706. The van der Waals surface area contributed by atoms with Gasteiger partial charge in [0.1, 0.15) is 11.9 Å². The van der Waals surface area contributed by atoms with Crippen LogP contribution in [0.5, 0.6) is 5.75 Å². The van der Waals surface area contributed by atoms with E-state index in [0.717, 1.165) is 42.2 Å². The Morgan fingerprint density at radius 2 is 2.00 bits per heavy atom. The molecule has 4 atom stereocenters. The maximum atomic E-state index is 12.6. The Bertz CT molecular complexity index is 792. The van der Waals surface area contributed by atoms with Crippen LogP contribution in [0, 0.1) is 25.7 Å². The number of rotatable bonds is 3. The quantitative estimate of drug-likeness (QED) is 0.899. The molecule has 2 aromatic heterocycles. The fourth-order valence-corrected chi connectivity index (χ4v) is 4.84. The molecule has 4 rings (SSSR count). The summed E-state index contributed by atoms with van der Waals surface area (Å²) >= 11 is 1.54. The summed E-state index contributed by atoms with van der Waals surface area (Å²) in [6, 6.07) is 5.73. The second kappa shape index (κ2) is 7.00. The molecule has 1 aliphatic carbocycles. The average molecular weight is 372 g/mol. The Morgan fingerprint density at radius 1 is 1.23 bits per heavy atom. The average Bonchev–Trinajstić information content (AvgIpc) is 3.26. The minimum atomic E-state index is -0.506. The fraction of sp³-hybridized carbons (Fsp3) is 0.500. The number of aromatic nitrogens is 1. The molecule has 2 aliphatic rings. The maximum Gasteiger partial charge on any atom is 0.254 e. The van der Waals surface area contributed by atoms with Gasteiger partial charge in [0.2, 0.25) is 0 Å². The standard InChI is InChI=1S/C20H24N2O3S/c1-12-3-4-18(13(2)21-12)25-19-8-16-10-22(9-15(16)7-17(19)23)20(24)14-5-6-26-11-14/h3-6,11,15-17,19,23H,7-10H2,1-2H3/t15-,16+,17+,19+/m0/s1. The molecular formula is C20H24N2O3S. The molecular weight excluding hydrogens is 348 g/mol. The molecule has 5 nitrogen and oxygen atoms in total. The third-order valence-electron chi connectivity index (χ3n) is 5.60. The van der Waals surface area contributed by atoms with E-state index in [2.05, 4.69) is 4.98 Å². The fourth-order valence-electron chi connectivity index (χ4n) is 4.21. The second-order valence-electron chi connectivity index (χ2n) is 7.47. The number of thiophene rings is 1. The first-order valence-corrected chi connectivity index (χ1v) is 10.1. The molecule has 0 bridgehead atoms. The van der Waals surface area contributed by atoms with E-state index in [9.17, 15) is 9.90 Å². The van der Waals surface area contributed by atoms with Crippen molar-refractivity contribution < 1.29 is 14.6 Å². The number of carbonyl (C=O) groups excluding carboxylic acids is 1. The lowest BCUT2D eigenvalue weighted by Crippen LogP contribution is -2.42. The van der Waals surface area contributed by atoms with Crippen LogP contribution < -0.4 is 4.74 Å². The van der Waals surface area contributed by atoms with Crippen LogP contribution >= 0.6 is 11.3 Å². The van der Waals surface area contributed by atoms with Crippen LogP contribution in [-0.4, -0.2) is 46.2 Å². The molecule has 2 aromatic rings. The predicted octanol–water partition coefficient (Wildman–Crippen LogP) is 3.05. The van der Waals surface area contributed by atoms with Gasteiger partial charge in [0, 0.05) is 24.2 Å². The molecule has 1 aliphatic heterocycles. The van der Waals surface area contributed by atoms with Crippen molar-refractivity contribution in [3.63, 3.8) is 0 Å². The third kappa shape index (κ3) is 3.35. The Kier molecular flexibility index (Phi) is 4.71. The molecule has 138 valence electrons. The largest absolute Gasteiger partial charge is 0.486 e. The first kappa shape index (κ1) is 17.5. The molecule has 1 saturated heterocycles. The van der Waals surface area contributed by atoms with Gasteiger partial charge in [-0.2, -0.15) is 11.3 Å². The van der Waals surface area contributed by atoms with Crippen molar-refractivity contribution in [2.24, 2.45) is 11.8 Å². The summed E-state index contributed by atoms with van der Waals surface area (Å²) in [5.74, 6) is 1.57. The third-order valence-corrected chi connectivity index (χ3v) is 6.28.